The Kier molecular flexibility index (Phi) is 6.19. The third kappa shape index (κ3) is 4.50. The molecule has 7 heteroatoms. The molecular formula is C21H28ClN3O3. The van der Waals surface area contributed by atoms with Crippen molar-refractivity contribution in [2.75, 3.05) is 32.8 Å². The number of ether oxygens (including phenoxy) is 1. The number of hydrogen-bond acceptors (Lipinski definition) is 4. The molecule has 1 aliphatic carbocycles. The van der Waals surface area contributed by atoms with E-state index in [2.05, 4.69) is 10.2 Å². The molecule has 2 amide bonds. The van der Waals surface area contributed by atoms with Gasteiger partial charge in [0.2, 0.25) is 5.91 Å². The number of nitrogens with one attached hydrogen (secondary N) is 1. The summed E-state index contributed by atoms with van der Waals surface area (Å²) in [5, 5.41) is 3.44. The normalized spacial score (nSPS) is 24.8. The minimum absolute atomic E-state index is 0.0690. The van der Waals surface area contributed by atoms with Gasteiger partial charge in [-0.15, -0.1) is 0 Å². The van der Waals surface area contributed by atoms with E-state index in [4.69, 9.17) is 16.3 Å². The zero-order chi connectivity index (χ0) is 19.5. The largest absolute Gasteiger partial charge is 0.365 e. The van der Waals surface area contributed by atoms with Crippen LogP contribution in [0, 0.1) is 0 Å². The molecule has 3 aliphatic rings. The van der Waals surface area contributed by atoms with E-state index in [0.29, 0.717) is 29.7 Å². The predicted molar refractivity (Wildman–Crippen MR) is 107 cm³/mol. The van der Waals surface area contributed by atoms with Crippen LogP contribution in [0.2, 0.25) is 5.02 Å². The minimum atomic E-state index is -0.177. The van der Waals surface area contributed by atoms with Gasteiger partial charge in [-0.1, -0.05) is 24.1 Å². The van der Waals surface area contributed by atoms with Crippen LogP contribution in [0.3, 0.4) is 0 Å². The molecule has 1 atom stereocenters. The standard InChI is InChI=1S/C21H28ClN3O3/c22-16-4-1-3-15(11-16)21(27)23-12-19-13-25(20(26)14-28-19)18-7-9-24(10-8-18)17-5-2-6-17/h1,3-4,11,17-19H,2,5-10,12-14H2,(H,23,27)/t19-/m0/s1. The molecule has 3 fully saturated rings. The third-order valence-electron chi connectivity index (χ3n) is 6.27. The molecule has 6 nitrogen and oxygen atoms in total. The molecule has 0 radical (unpaired) electrons. The summed E-state index contributed by atoms with van der Waals surface area (Å²) in [5.74, 6) is -0.108. The number of morpholine rings is 1. The van der Waals surface area contributed by atoms with Crippen LogP contribution in [0.4, 0.5) is 0 Å². The van der Waals surface area contributed by atoms with Gasteiger partial charge < -0.3 is 19.9 Å². The Bertz CT molecular complexity index is 717. The number of carbonyl (C=O) groups is 2. The van der Waals surface area contributed by atoms with Crippen LogP contribution < -0.4 is 5.32 Å². The first kappa shape index (κ1) is 19.7. The molecule has 1 aromatic carbocycles. The molecule has 28 heavy (non-hydrogen) atoms. The van der Waals surface area contributed by atoms with E-state index in [-0.39, 0.29) is 24.5 Å². The lowest BCUT2D eigenvalue weighted by atomic mass is 9.89. The lowest BCUT2D eigenvalue weighted by molar-refractivity contribution is -0.153. The summed E-state index contributed by atoms with van der Waals surface area (Å²) in [4.78, 5) is 29.3. The fraction of sp³-hybridized carbons (Fsp3) is 0.619. The first-order chi connectivity index (χ1) is 13.6. The van der Waals surface area contributed by atoms with Gasteiger partial charge >= 0.3 is 0 Å². The van der Waals surface area contributed by atoms with Crippen LogP contribution in [0.1, 0.15) is 42.5 Å². The summed E-state index contributed by atoms with van der Waals surface area (Å²) in [6.07, 6.45) is 5.90. The summed E-state index contributed by atoms with van der Waals surface area (Å²) in [5.41, 5.74) is 0.527. The third-order valence-corrected chi connectivity index (χ3v) is 6.51. The molecule has 4 rings (SSSR count). The second-order valence-corrected chi connectivity index (χ2v) is 8.49. The van der Waals surface area contributed by atoms with Gasteiger partial charge in [0.1, 0.15) is 6.61 Å². The lowest BCUT2D eigenvalue weighted by Gasteiger charge is -2.45. The summed E-state index contributed by atoms with van der Waals surface area (Å²) in [7, 11) is 0. The van der Waals surface area contributed by atoms with Gasteiger partial charge in [-0.25, -0.2) is 0 Å². The highest BCUT2D eigenvalue weighted by molar-refractivity contribution is 6.30. The highest BCUT2D eigenvalue weighted by Crippen LogP contribution is 2.29. The van der Waals surface area contributed by atoms with Crippen LogP contribution in [-0.2, 0) is 9.53 Å². The number of amides is 2. The Balaban J connectivity index is 1.27. The number of likely N-dealkylation sites (tertiary alicyclic amines) is 1. The van der Waals surface area contributed by atoms with E-state index >= 15 is 0 Å². The number of halogens is 1. The Labute approximate surface area is 171 Å². The average molecular weight is 406 g/mol. The van der Waals surface area contributed by atoms with Crippen molar-refractivity contribution in [1.29, 1.82) is 0 Å². The summed E-state index contributed by atoms with van der Waals surface area (Å²) in [6, 6.07) is 7.93. The van der Waals surface area contributed by atoms with Crippen LogP contribution in [0.15, 0.2) is 24.3 Å². The van der Waals surface area contributed by atoms with Crippen LogP contribution in [0.25, 0.3) is 0 Å². The van der Waals surface area contributed by atoms with Gasteiger partial charge in [0.05, 0.1) is 6.10 Å². The van der Waals surface area contributed by atoms with Crippen LogP contribution in [-0.4, -0.2) is 72.6 Å². The van der Waals surface area contributed by atoms with E-state index in [1.54, 1.807) is 24.3 Å². The first-order valence-corrected chi connectivity index (χ1v) is 10.7. The molecule has 2 aliphatic heterocycles. The fourth-order valence-corrected chi connectivity index (χ4v) is 4.57. The van der Waals surface area contributed by atoms with Crippen LogP contribution >= 0.6 is 11.6 Å². The number of hydrogen-bond donors (Lipinski definition) is 1. The topological polar surface area (TPSA) is 61.9 Å². The fourth-order valence-electron chi connectivity index (χ4n) is 4.37. The number of piperidine rings is 1. The van der Waals surface area contributed by atoms with E-state index in [9.17, 15) is 9.59 Å². The maximum Gasteiger partial charge on any atom is 0.251 e. The minimum Gasteiger partial charge on any atom is -0.365 e. The Morgan fingerprint density at radius 1 is 1.18 bits per heavy atom. The average Bonchev–Trinajstić information content (AvgIpc) is 2.66. The Morgan fingerprint density at radius 3 is 2.64 bits per heavy atom. The molecule has 2 heterocycles. The van der Waals surface area contributed by atoms with Crippen molar-refractivity contribution < 1.29 is 14.3 Å². The van der Waals surface area contributed by atoms with Gasteiger partial charge in [0, 0.05) is 48.8 Å². The number of nitrogens with zero attached hydrogens (tertiary/aromatic N) is 2. The SMILES string of the molecule is O=C(NC[C@H]1CN(C2CCN(C3CCC3)CC2)C(=O)CO1)c1cccc(Cl)c1. The van der Waals surface area contributed by atoms with E-state index in [1.807, 2.05) is 4.90 Å². The van der Waals surface area contributed by atoms with Crippen molar-refractivity contribution in [2.24, 2.45) is 0 Å². The Morgan fingerprint density at radius 2 is 1.96 bits per heavy atom. The highest BCUT2D eigenvalue weighted by atomic mass is 35.5. The lowest BCUT2D eigenvalue weighted by Crippen LogP contribution is -2.57. The summed E-state index contributed by atoms with van der Waals surface area (Å²) >= 11 is 5.95. The van der Waals surface area contributed by atoms with Crippen molar-refractivity contribution in [3.8, 4) is 0 Å². The van der Waals surface area contributed by atoms with Gasteiger partial charge in [-0.3, -0.25) is 9.59 Å². The highest BCUT2D eigenvalue weighted by Gasteiger charge is 2.35. The second kappa shape index (κ2) is 8.80. The molecular weight excluding hydrogens is 378 g/mol. The van der Waals surface area contributed by atoms with Crippen LogP contribution in [0.5, 0.6) is 0 Å². The van der Waals surface area contributed by atoms with Crippen molar-refractivity contribution >= 4 is 23.4 Å². The molecule has 0 spiro atoms. The molecule has 0 unspecified atom stereocenters. The molecule has 0 bridgehead atoms. The number of rotatable bonds is 5. The van der Waals surface area contributed by atoms with E-state index in [0.717, 1.165) is 32.0 Å². The van der Waals surface area contributed by atoms with Gasteiger partial charge in [-0.2, -0.15) is 0 Å². The molecule has 1 N–H and O–H groups in total. The zero-order valence-electron chi connectivity index (χ0n) is 16.1. The molecule has 1 saturated carbocycles. The van der Waals surface area contributed by atoms with E-state index < -0.39 is 0 Å². The summed E-state index contributed by atoms with van der Waals surface area (Å²) < 4.78 is 5.66. The van der Waals surface area contributed by atoms with Crippen molar-refractivity contribution in [3.63, 3.8) is 0 Å². The smallest absolute Gasteiger partial charge is 0.251 e. The van der Waals surface area contributed by atoms with Crippen molar-refractivity contribution in [1.82, 2.24) is 15.1 Å². The molecule has 2 saturated heterocycles. The predicted octanol–water partition coefficient (Wildman–Crippen LogP) is 2.31. The monoisotopic (exact) mass is 405 g/mol. The van der Waals surface area contributed by atoms with Gasteiger partial charge in [-0.05, 0) is 43.9 Å². The number of benzene rings is 1. The second-order valence-electron chi connectivity index (χ2n) is 8.05. The first-order valence-electron chi connectivity index (χ1n) is 10.3. The zero-order valence-corrected chi connectivity index (χ0v) is 16.9. The molecule has 0 aromatic heterocycles. The number of carbonyl (C=O) groups excluding carboxylic acids is 2. The van der Waals surface area contributed by atoms with E-state index in [1.165, 1.54) is 19.3 Å². The Hall–Kier alpha value is -1.63. The van der Waals surface area contributed by atoms with Crippen molar-refractivity contribution in [3.05, 3.63) is 34.9 Å². The maximum atomic E-state index is 12.4. The maximum absolute atomic E-state index is 12.4. The van der Waals surface area contributed by atoms with Gasteiger partial charge in [0.25, 0.3) is 5.91 Å². The summed E-state index contributed by atoms with van der Waals surface area (Å²) in [6.45, 7) is 3.19. The molecule has 1 aromatic rings. The van der Waals surface area contributed by atoms with Crippen molar-refractivity contribution in [2.45, 2.75) is 50.3 Å². The molecule has 152 valence electrons. The quantitative estimate of drug-likeness (QED) is 0.816. The van der Waals surface area contributed by atoms with Gasteiger partial charge in [0.15, 0.2) is 0 Å².